The Kier molecular flexibility index (Phi) is 7.44. The van der Waals surface area contributed by atoms with Crippen molar-refractivity contribution < 1.29 is 14.7 Å². The number of thioether (sulfide) groups is 1. The highest BCUT2D eigenvalue weighted by Gasteiger charge is 2.22. The summed E-state index contributed by atoms with van der Waals surface area (Å²) in [6.07, 6.45) is 0.846. The van der Waals surface area contributed by atoms with E-state index < -0.39 is 0 Å². The van der Waals surface area contributed by atoms with Gasteiger partial charge in [-0.05, 0) is 49.1 Å². The summed E-state index contributed by atoms with van der Waals surface area (Å²) < 4.78 is 1.58. The van der Waals surface area contributed by atoms with Gasteiger partial charge in [-0.25, -0.2) is 4.98 Å². The minimum atomic E-state index is -0.336. The van der Waals surface area contributed by atoms with Crippen LogP contribution in [0, 0.1) is 6.92 Å². The number of amides is 1. The average Bonchev–Trinajstić information content (AvgIpc) is 2.94. The molecule has 0 bridgehead atoms. The number of piperidine rings is 1. The third-order valence-electron chi connectivity index (χ3n) is 7.00. The number of benzene rings is 3. The average molecular weight is 528 g/mol. The summed E-state index contributed by atoms with van der Waals surface area (Å²) in [6.45, 7) is 2.99. The number of aliphatic hydroxyl groups excluding tert-OH is 1. The van der Waals surface area contributed by atoms with Crippen LogP contribution < -0.4 is 5.56 Å². The molecule has 3 aromatic carbocycles. The van der Waals surface area contributed by atoms with E-state index in [1.165, 1.54) is 11.8 Å². The summed E-state index contributed by atoms with van der Waals surface area (Å²) in [4.78, 5) is 45.0. The van der Waals surface area contributed by atoms with Crippen LogP contribution in [0.3, 0.4) is 0 Å². The van der Waals surface area contributed by atoms with Crippen molar-refractivity contribution in [3.8, 4) is 0 Å². The van der Waals surface area contributed by atoms with E-state index in [9.17, 15) is 19.5 Å². The fraction of sp³-hybridized carbons (Fsp3) is 0.267. The van der Waals surface area contributed by atoms with Gasteiger partial charge in [0.15, 0.2) is 10.9 Å². The molecule has 1 fully saturated rings. The van der Waals surface area contributed by atoms with Crippen molar-refractivity contribution in [1.29, 1.82) is 0 Å². The van der Waals surface area contributed by atoms with Gasteiger partial charge in [-0.2, -0.15) is 0 Å². The molecule has 1 N–H and O–H groups in total. The van der Waals surface area contributed by atoms with Crippen LogP contribution in [0.5, 0.6) is 0 Å². The summed E-state index contributed by atoms with van der Waals surface area (Å²) in [5, 5.41) is 10.9. The Morgan fingerprint density at radius 2 is 1.55 bits per heavy atom. The molecule has 0 saturated carbocycles. The molecular weight excluding hydrogens is 498 g/mol. The Morgan fingerprint density at radius 3 is 2.21 bits per heavy atom. The van der Waals surface area contributed by atoms with Crippen LogP contribution >= 0.6 is 11.8 Å². The number of aryl methyl sites for hydroxylation is 1. The molecule has 1 amide bonds. The van der Waals surface area contributed by atoms with Crippen LogP contribution in [-0.2, 0) is 12.8 Å². The molecule has 8 heteroatoms. The number of carbonyl (C=O) groups is 2. The molecule has 1 saturated heterocycles. The number of fused-ring (bicyclic) bond motifs is 1. The lowest BCUT2D eigenvalue weighted by Crippen LogP contribution is -2.40. The summed E-state index contributed by atoms with van der Waals surface area (Å²) in [7, 11) is 1.74. The lowest BCUT2D eigenvalue weighted by Gasteiger charge is -2.29. The molecule has 0 atom stereocenters. The second kappa shape index (κ2) is 10.9. The minimum absolute atomic E-state index is 0.0565. The fourth-order valence-electron chi connectivity index (χ4n) is 4.67. The number of aromatic nitrogens is 2. The second-order valence-electron chi connectivity index (χ2n) is 9.64. The van der Waals surface area contributed by atoms with Crippen molar-refractivity contribution in [2.24, 2.45) is 7.05 Å². The normalized spacial score (nSPS) is 14.1. The van der Waals surface area contributed by atoms with E-state index >= 15 is 0 Å². The zero-order chi connectivity index (χ0) is 26.8. The number of carbonyl (C=O) groups excluding carboxylic acids is 2. The van der Waals surface area contributed by atoms with Gasteiger partial charge in [-0.1, -0.05) is 60.3 Å². The van der Waals surface area contributed by atoms with Crippen LogP contribution in [0.25, 0.3) is 10.9 Å². The second-order valence-corrected chi connectivity index (χ2v) is 10.6. The van der Waals surface area contributed by atoms with Gasteiger partial charge in [0.2, 0.25) is 0 Å². The van der Waals surface area contributed by atoms with Crippen molar-refractivity contribution >= 4 is 34.4 Å². The lowest BCUT2D eigenvalue weighted by atomic mass is 10.0. The molecule has 1 aliphatic rings. The first kappa shape index (κ1) is 25.9. The fourth-order valence-corrected chi connectivity index (χ4v) is 5.60. The Balaban J connectivity index is 1.24. The smallest absolute Gasteiger partial charge is 0.262 e. The van der Waals surface area contributed by atoms with Gasteiger partial charge in [-0.3, -0.25) is 19.0 Å². The van der Waals surface area contributed by atoms with Crippen LogP contribution in [0.1, 0.15) is 50.2 Å². The molecule has 1 aromatic heterocycles. The molecule has 2 heterocycles. The van der Waals surface area contributed by atoms with Gasteiger partial charge in [0, 0.05) is 42.6 Å². The number of rotatable bonds is 6. The lowest BCUT2D eigenvalue weighted by molar-refractivity contribution is 0.0546. The van der Waals surface area contributed by atoms with Gasteiger partial charge >= 0.3 is 0 Å². The minimum Gasteiger partial charge on any atom is -0.393 e. The monoisotopic (exact) mass is 527 g/mol. The van der Waals surface area contributed by atoms with Crippen molar-refractivity contribution in [1.82, 2.24) is 14.5 Å². The number of nitrogens with zero attached hydrogens (tertiary/aromatic N) is 3. The molecule has 1 aliphatic heterocycles. The quantitative estimate of drug-likeness (QED) is 0.228. The molecule has 0 spiro atoms. The van der Waals surface area contributed by atoms with Crippen LogP contribution in [0.4, 0.5) is 0 Å². The number of likely N-dealkylation sites (tertiary alicyclic amines) is 1. The molecule has 38 heavy (non-hydrogen) atoms. The molecule has 0 unspecified atom stereocenters. The molecule has 4 aromatic rings. The first-order chi connectivity index (χ1) is 18.3. The number of hydrogen-bond donors (Lipinski definition) is 1. The summed E-state index contributed by atoms with van der Waals surface area (Å²) in [5.74, 6) is 0.417. The molecule has 5 rings (SSSR count). The molecule has 0 radical (unpaired) electrons. The predicted molar refractivity (Wildman–Crippen MR) is 149 cm³/mol. The van der Waals surface area contributed by atoms with Crippen molar-refractivity contribution in [2.75, 3.05) is 13.1 Å². The Morgan fingerprint density at radius 1 is 0.947 bits per heavy atom. The SMILES string of the molecule is Cc1cccc2nc(SCc3ccc(C(=O)c4ccc(C(=O)N5CCC(O)CC5)cc4)cc3)n(C)c(=O)c12. The molecular formula is C30H29N3O4S. The molecule has 194 valence electrons. The first-order valence-electron chi connectivity index (χ1n) is 12.6. The topological polar surface area (TPSA) is 92.5 Å². The maximum absolute atomic E-state index is 13.0. The van der Waals surface area contributed by atoms with Gasteiger partial charge in [-0.15, -0.1) is 0 Å². The molecule has 0 aliphatic carbocycles. The zero-order valence-corrected chi connectivity index (χ0v) is 22.2. The van der Waals surface area contributed by atoms with Gasteiger partial charge in [0.05, 0.1) is 17.0 Å². The third-order valence-corrected chi connectivity index (χ3v) is 8.10. The Hall–Kier alpha value is -3.75. The van der Waals surface area contributed by atoms with E-state index in [1.807, 2.05) is 37.3 Å². The number of ketones is 1. The maximum atomic E-state index is 13.0. The first-order valence-corrected chi connectivity index (χ1v) is 13.6. The van der Waals surface area contributed by atoms with Crippen molar-refractivity contribution in [2.45, 2.75) is 36.8 Å². The van der Waals surface area contributed by atoms with E-state index in [4.69, 9.17) is 0 Å². The summed E-state index contributed by atoms with van der Waals surface area (Å²) in [6, 6.07) is 19.8. The van der Waals surface area contributed by atoms with E-state index in [2.05, 4.69) is 4.98 Å². The van der Waals surface area contributed by atoms with E-state index in [0.717, 1.165) is 11.1 Å². The Labute approximate surface area is 225 Å². The van der Waals surface area contributed by atoms with Crippen molar-refractivity contribution in [3.63, 3.8) is 0 Å². The highest BCUT2D eigenvalue weighted by atomic mass is 32.2. The number of aliphatic hydroxyl groups is 1. The summed E-state index contributed by atoms with van der Waals surface area (Å²) >= 11 is 1.48. The zero-order valence-electron chi connectivity index (χ0n) is 21.4. The number of hydrogen-bond acceptors (Lipinski definition) is 6. The van der Waals surface area contributed by atoms with Crippen LogP contribution in [-0.4, -0.2) is 50.4 Å². The van der Waals surface area contributed by atoms with E-state index in [-0.39, 0.29) is 23.4 Å². The third kappa shape index (κ3) is 5.28. The van der Waals surface area contributed by atoms with Crippen molar-refractivity contribution in [3.05, 3.63) is 105 Å². The largest absolute Gasteiger partial charge is 0.393 e. The van der Waals surface area contributed by atoms with E-state index in [1.54, 1.807) is 52.9 Å². The van der Waals surface area contributed by atoms with Gasteiger partial charge in [0.25, 0.3) is 11.5 Å². The highest BCUT2D eigenvalue weighted by Crippen LogP contribution is 2.23. The van der Waals surface area contributed by atoms with Crippen LogP contribution in [0.15, 0.2) is 76.7 Å². The predicted octanol–water partition coefficient (Wildman–Crippen LogP) is 4.36. The van der Waals surface area contributed by atoms with Gasteiger partial charge in [0.1, 0.15) is 0 Å². The standard InChI is InChI=1S/C30H29N3O4S/c1-19-4-3-5-25-26(19)29(37)32(2)30(31-25)38-18-20-6-8-21(9-7-20)27(35)22-10-12-23(13-11-22)28(36)33-16-14-24(34)15-17-33/h3-13,24,34H,14-18H2,1-2H3. The van der Waals surface area contributed by atoms with Crippen LogP contribution in [0.2, 0.25) is 0 Å². The molecule has 7 nitrogen and oxygen atoms in total. The highest BCUT2D eigenvalue weighted by molar-refractivity contribution is 7.98. The van der Waals surface area contributed by atoms with Gasteiger partial charge < -0.3 is 10.0 Å². The van der Waals surface area contributed by atoms with E-state index in [0.29, 0.717) is 64.4 Å². The summed E-state index contributed by atoms with van der Waals surface area (Å²) in [5.41, 5.74) is 4.18. The maximum Gasteiger partial charge on any atom is 0.262 e. The Bertz CT molecular complexity index is 1550.